The van der Waals surface area contributed by atoms with Crippen LogP contribution in [0.15, 0.2) is 12.4 Å². The van der Waals surface area contributed by atoms with Crippen LogP contribution in [0.5, 0.6) is 0 Å². The second-order valence-electron chi connectivity index (χ2n) is 8.21. The maximum Gasteiger partial charge on any atom is 0.101 e. The van der Waals surface area contributed by atoms with Crippen molar-refractivity contribution in [2.24, 2.45) is 0 Å². The van der Waals surface area contributed by atoms with Crippen LogP contribution in [0.1, 0.15) is 118 Å². The highest BCUT2D eigenvalue weighted by Gasteiger charge is 2.25. The van der Waals surface area contributed by atoms with Gasteiger partial charge in [-0.3, -0.25) is 0 Å². The van der Waals surface area contributed by atoms with E-state index in [1.165, 1.54) is 96.4 Å². The van der Waals surface area contributed by atoms with E-state index in [0.717, 1.165) is 0 Å². The average Bonchev–Trinajstić information content (AvgIpc) is 3.02. The molecule has 2 heteroatoms. The Morgan fingerprint density at radius 3 is 1.60 bits per heavy atom. The summed E-state index contributed by atoms with van der Waals surface area (Å²) >= 11 is 0. The molecule has 1 atom stereocenters. The summed E-state index contributed by atoms with van der Waals surface area (Å²) in [5, 5.41) is 0. The van der Waals surface area contributed by atoms with Crippen molar-refractivity contribution in [3.63, 3.8) is 0 Å². The van der Waals surface area contributed by atoms with Crippen molar-refractivity contribution in [2.75, 3.05) is 6.54 Å². The normalized spacial score (nSPS) is 17.2. The molecule has 0 N–H and O–H groups in total. The van der Waals surface area contributed by atoms with E-state index in [9.17, 15) is 0 Å². The minimum absolute atomic E-state index is 0.595. The molecule has 1 rings (SSSR count). The molecule has 0 amide bonds. The monoisotopic (exact) mass is 350 g/mol. The first kappa shape index (κ1) is 22.4. The van der Waals surface area contributed by atoms with Crippen molar-refractivity contribution in [1.82, 2.24) is 9.80 Å². The van der Waals surface area contributed by atoms with E-state index >= 15 is 0 Å². The van der Waals surface area contributed by atoms with Crippen molar-refractivity contribution < 1.29 is 0 Å². The van der Waals surface area contributed by atoms with Crippen LogP contribution in [0.25, 0.3) is 0 Å². The zero-order valence-electron chi connectivity index (χ0n) is 17.8. The standard InChI is InChI=1S/C23H46N2/c1-5-7-8-9-10-11-12-13-14-15-16-17-18-19-24-20-21-25(22(3)4)23(24)6-2/h20-23H,5-19H2,1-4H3. The van der Waals surface area contributed by atoms with Crippen molar-refractivity contribution in [2.45, 2.75) is 130 Å². The third-order valence-electron chi connectivity index (χ3n) is 5.64. The molecular formula is C23H46N2. The molecule has 0 radical (unpaired) electrons. The molecule has 0 saturated heterocycles. The summed E-state index contributed by atoms with van der Waals surface area (Å²) in [5.41, 5.74) is 0. The van der Waals surface area contributed by atoms with Crippen LogP contribution in [0.4, 0.5) is 0 Å². The average molecular weight is 351 g/mol. The van der Waals surface area contributed by atoms with Crippen molar-refractivity contribution in [3.05, 3.63) is 12.4 Å². The van der Waals surface area contributed by atoms with E-state index in [4.69, 9.17) is 0 Å². The van der Waals surface area contributed by atoms with Gasteiger partial charge in [-0.2, -0.15) is 0 Å². The predicted molar refractivity (Wildman–Crippen MR) is 113 cm³/mol. The molecule has 0 spiro atoms. The summed E-state index contributed by atoms with van der Waals surface area (Å²) in [6, 6.07) is 0.609. The molecule has 0 aromatic heterocycles. The smallest absolute Gasteiger partial charge is 0.101 e. The third kappa shape index (κ3) is 9.56. The Labute approximate surface area is 159 Å². The molecule has 0 saturated carbocycles. The number of rotatable bonds is 16. The molecule has 0 aromatic rings. The molecule has 1 unspecified atom stereocenters. The second kappa shape index (κ2) is 14.5. The first-order valence-corrected chi connectivity index (χ1v) is 11.4. The van der Waals surface area contributed by atoms with Crippen LogP contribution in [-0.2, 0) is 0 Å². The second-order valence-corrected chi connectivity index (χ2v) is 8.21. The van der Waals surface area contributed by atoms with Crippen molar-refractivity contribution in [3.8, 4) is 0 Å². The van der Waals surface area contributed by atoms with E-state index in [1.807, 2.05) is 0 Å². The molecule has 0 bridgehead atoms. The van der Waals surface area contributed by atoms with Crippen LogP contribution in [0.2, 0.25) is 0 Å². The Balaban J connectivity index is 1.90. The zero-order valence-corrected chi connectivity index (χ0v) is 17.8. The molecule has 0 fully saturated rings. The van der Waals surface area contributed by atoms with Gasteiger partial charge in [0.05, 0.1) is 0 Å². The lowest BCUT2D eigenvalue weighted by atomic mass is 10.0. The van der Waals surface area contributed by atoms with E-state index in [-0.39, 0.29) is 0 Å². The molecule has 0 aliphatic carbocycles. The van der Waals surface area contributed by atoms with Gasteiger partial charge in [0.2, 0.25) is 0 Å². The zero-order chi connectivity index (χ0) is 18.3. The Bertz CT molecular complexity index is 324. The Morgan fingerprint density at radius 2 is 1.16 bits per heavy atom. The fourth-order valence-electron chi connectivity index (χ4n) is 4.03. The van der Waals surface area contributed by atoms with Crippen molar-refractivity contribution >= 4 is 0 Å². The van der Waals surface area contributed by atoms with E-state index in [2.05, 4.69) is 49.9 Å². The van der Waals surface area contributed by atoms with Gasteiger partial charge in [0.15, 0.2) is 0 Å². The fraction of sp³-hybridized carbons (Fsp3) is 0.913. The molecule has 1 heterocycles. The van der Waals surface area contributed by atoms with Gasteiger partial charge in [-0.25, -0.2) is 0 Å². The minimum Gasteiger partial charge on any atom is -0.356 e. The van der Waals surface area contributed by atoms with Crippen LogP contribution in [0.3, 0.4) is 0 Å². The molecule has 148 valence electrons. The number of unbranched alkanes of at least 4 members (excludes halogenated alkanes) is 12. The summed E-state index contributed by atoms with van der Waals surface area (Å²) in [6.07, 6.45) is 25.1. The van der Waals surface area contributed by atoms with Crippen LogP contribution in [-0.4, -0.2) is 28.6 Å². The highest BCUT2D eigenvalue weighted by atomic mass is 15.4. The molecule has 1 aliphatic rings. The molecule has 2 nitrogen and oxygen atoms in total. The van der Waals surface area contributed by atoms with Crippen molar-refractivity contribution in [1.29, 1.82) is 0 Å². The Hall–Kier alpha value is -0.660. The summed E-state index contributed by atoms with van der Waals surface area (Å²) < 4.78 is 0. The largest absolute Gasteiger partial charge is 0.356 e. The summed E-state index contributed by atoms with van der Waals surface area (Å²) in [4.78, 5) is 5.06. The van der Waals surface area contributed by atoms with Crippen LogP contribution < -0.4 is 0 Å². The third-order valence-corrected chi connectivity index (χ3v) is 5.64. The Kier molecular flexibility index (Phi) is 13.0. The van der Waals surface area contributed by atoms with Gasteiger partial charge in [0.1, 0.15) is 6.17 Å². The number of hydrogen-bond acceptors (Lipinski definition) is 2. The fourth-order valence-corrected chi connectivity index (χ4v) is 4.03. The van der Waals surface area contributed by atoms with E-state index in [1.54, 1.807) is 0 Å². The highest BCUT2D eigenvalue weighted by Crippen LogP contribution is 2.22. The topological polar surface area (TPSA) is 6.48 Å². The lowest BCUT2D eigenvalue weighted by Crippen LogP contribution is -2.41. The first-order valence-electron chi connectivity index (χ1n) is 11.4. The summed E-state index contributed by atoms with van der Waals surface area (Å²) in [6.45, 7) is 10.4. The molecule has 25 heavy (non-hydrogen) atoms. The summed E-state index contributed by atoms with van der Waals surface area (Å²) in [7, 11) is 0. The highest BCUT2D eigenvalue weighted by molar-refractivity contribution is 4.97. The maximum absolute atomic E-state index is 2.55. The van der Waals surface area contributed by atoms with Crippen LogP contribution in [0, 0.1) is 0 Å². The van der Waals surface area contributed by atoms with E-state index in [0.29, 0.717) is 12.2 Å². The first-order chi connectivity index (χ1) is 12.2. The van der Waals surface area contributed by atoms with Gasteiger partial charge in [-0.1, -0.05) is 90.9 Å². The Morgan fingerprint density at radius 1 is 0.680 bits per heavy atom. The molecule has 0 aromatic carbocycles. The maximum atomic E-state index is 2.55. The van der Waals surface area contributed by atoms with Gasteiger partial charge in [0.25, 0.3) is 0 Å². The van der Waals surface area contributed by atoms with Gasteiger partial charge < -0.3 is 9.80 Å². The van der Waals surface area contributed by atoms with Gasteiger partial charge in [-0.15, -0.1) is 0 Å². The SMILES string of the molecule is CCCCCCCCCCCCCCCN1C=CN(C(C)C)C1CC. The number of hydrogen-bond donors (Lipinski definition) is 0. The predicted octanol–water partition coefficient (Wildman–Crippen LogP) is 7.31. The van der Waals surface area contributed by atoms with Gasteiger partial charge in [0, 0.05) is 25.0 Å². The number of nitrogens with zero attached hydrogens (tertiary/aromatic N) is 2. The van der Waals surface area contributed by atoms with Gasteiger partial charge in [-0.05, 0) is 26.7 Å². The quantitative estimate of drug-likeness (QED) is 0.269. The summed E-state index contributed by atoms with van der Waals surface area (Å²) in [5.74, 6) is 0. The lowest BCUT2D eigenvalue weighted by molar-refractivity contribution is 0.121. The lowest BCUT2D eigenvalue weighted by Gasteiger charge is -2.34. The molecule has 1 aliphatic heterocycles. The molecular weight excluding hydrogens is 304 g/mol. The minimum atomic E-state index is 0.595. The van der Waals surface area contributed by atoms with E-state index < -0.39 is 0 Å². The van der Waals surface area contributed by atoms with Crippen LogP contribution >= 0.6 is 0 Å². The van der Waals surface area contributed by atoms with Gasteiger partial charge >= 0.3 is 0 Å².